The van der Waals surface area contributed by atoms with E-state index in [4.69, 9.17) is 16.3 Å². The van der Waals surface area contributed by atoms with E-state index in [-0.39, 0.29) is 40.9 Å². The second-order valence-corrected chi connectivity index (χ2v) is 10.1. The van der Waals surface area contributed by atoms with Gasteiger partial charge in [-0.05, 0) is 41.8 Å². The molecule has 0 aromatic heterocycles. The maximum absolute atomic E-state index is 14.2. The topological polar surface area (TPSA) is 105 Å². The minimum atomic E-state index is -4.49. The zero-order valence-electron chi connectivity index (χ0n) is 18.8. The summed E-state index contributed by atoms with van der Waals surface area (Å²) in [6.45, 7) is 1.42. The number of nitrogens with zero attached hydrogens (tertiary/aromatic N) is 1. The summed E-state index contributed by atoms with van der Waals surface area (Å²) < 4.78 is 61.7. The summed E-state index contributed by atoms with van der Waals surface area (Å²) in [5.74, 6) is -2.91. The highest BCUT2D eigenvalue weighted by molar-refractivity contribution is 7.92. The second-order valence-electron chi connectivity index (χ2n) is 7.95. The minimum Gasteiger partial charge on any atom is -0.444 e. The van der Waals surface area contributed by atoms with E-state index in [0.717, 1.165) is 23.8 Å². The van der Waals surface area contributed by atoms with Gasteiger partial charge in [-0.1, -0.05) is 41.9 Å². The van der Waals surface area contributed by atoms with Crippen LogP contribution in [-0.2, 0) is 32.6 Å². The molecule has 0 radical (unpaired) electrons. The van der Waals surface area contributed by atoms with Crippen LogP contribution in [0.25, 0.3) is 0 Å². The van der Waals surface area contributed by atoms with Crippen molar-refractivity contribution in [3.63, 3.8) is 0 Å². The van der Waals surface area contributed by atoms with Gasteiger partial charge in [-0.15, -0.1) is 0 Å². The fourth-order valence-corrected chi connectivity index (χ4v) is 5.12. The Morgan fingerprint density at radius 1 is 1.08 bits per heavy atom. The summed E-state index contributed by atoms with van der Waals surface area (Å²) in [7, 11) is -4.49. The van der Waals surface area contributed by atoms with Crippen molar-refractivity contribution in [1.82, 2.24) is 0 Å². The van der Waals surface area contributed by atoms with Crippen LogP contribution in [0, 0.1) is 11.6 Å². The van der Waals surface area contributed by atoms with Crippen LogP contribution in [0.5, 0.6) is 0 Å². The smallest absolute Gasteiger partial charge is 0.414 e. The van der Waals surface area contributed by atoms with Crippen molar-refractivity contribution in [2.45, 2.75) is 24.8 Å². The third kappa shape index (κ3) is 5.42. The van der Waals surface area contributed by atoms with E-state index in [0.29, 0.717) is 5.56 Å². The lowest BCUT2D eigenvalue weighted by atomic mass is 10.1. The molecule has 12 heteroatoms. The molecule has 1 aliphatic rings. The van der Waals surface area contributed by atoms with Gasteiger partial charge in [0.1, 0.15) is 12.3 Å². The van der Waals surface area contributed by atoms with Gasteiger partial charge in [-0.2, -0.15) is 0 Å². The van der Waals surface area contributed by atoms with Gasteiger partial charge < -0.3 is 10.1 Å². The first-order valence-electron chi connectivity index (χ1n) is 10.7. The fourth-order valence-electron chi connectivity index (χ4n) is 3.77. The maximum atomic E-state index is 14.2. The molecule has 188 valence electrons. The minimum absolute atomic E-state index is 0.0234. The Labute approximate surface area is 210 Å². The molecule has 0 fully saturated rings. The van der Waals surface area contributed by atoms with E-state index in [2.05, 4.69) is 5.32 Å². The number of fused-ring (bicyclic) bond motifs is 1. The van der Waals surface area contributed by atoms with Crippen LogP contribution in [0.1, 0.15) is 18.1 Å². The lowest BCUT2D eigenvalue weighted by Crippen LogP contribution is -2.30. The second kappa shape index (κ2) is 10.1. The number of carbonyl (C=O) groups is 2. The van der Waals surface area contributed by atoms with Gasteiger partial charge in [0.05, 0.1) is 16.3 Å². The van der Waals surface area contributed by atoms with Crippen molar-refractivity contribution in [2.75, 3.05) is 21.5 Å². The van der Waals surface area contributed by atoms with Crippen LogP contribution in [0.3, 0.4) is 0 Å². The van der Waals surface area contributed by atoms with Crippen LogP contribution in [0.2, 0.25) is 5.02 Å². The van der Waals surface area contributed by atoms with Crippen molar-refractivity contribution >= 4 is 50.7 Å². The van der Waals surface area contributed by atoms with Crippen molar-refractivity contribution in [3.8, 4) is 0 Å². The van der Waals surface area contributed by atoms with Crippen molar-refractivity contribution in [1.29, 1.82) is 0 Å². The number of benzene rings is 3. The predicted octanol–water partition coefficient (Wildman–Crippen LogP) is 5.08. The monoisotopic (exact) mass is 535 g/mol. The Bertz CT molecular complexity index is 1430. The highest BCUT2D eigenvalue weighted by Gasteiger charge is 2.32. The van der Waals surface area contributed by atoms with Crippen LogP contribution in [0.4, 0.5) is 30.6 Å². The zero-order chi connectivity index (χ0) is 26.0. The van der Waals surface area contributed by atoms with E-state index < -0.39 is 39.3 Å². The van der Waals surface area contributed by atoms with Crippen LogP contribution in [-0.4, -0.2) is 27.0 Å². The number of amides is 2. The number of hydrogen-bond acceptors (Lipinski definition) is 5. The molecule has 1 heterocycles. The van der Waals surface area contributed by atoms with Crippen molar-refractivity contribution in [2.24, 2.45) is 0 Å². The van der Waals surface area contributed by atoms with Gasteiger partial charge in [0.25, 0.3) is 10.0 Å². The molecule has 3 aromatic carbocycles. The summed E-state index contributed by atoms with van der Waals surface area (Å²) in [4.78, 5) is 25.6. The van der Waals surface area contributed by atoms with Gasteiger partial charge in [-0.25, -0.2) is 22.0 Å². The number of sulfonamides is 1. The van der Waals surface area contributed by atoms with Crippen LogP contribution in [0.15, 0.2) is 59.5 Å². The number of nitrogens with one attached hydrogen (secondary N) is 2. The Balaban J connectivity index is 1.66. The summed E-state index contributed by atoms with van der Waals surface area (Å²) >= 11 is 5.60. The summed E-state index contributed by atoms with van der Waals surface area (Å²) in [6.07, 6.45) is -0.418. The number of carbonyl (C=O) groups excluding carboxylic acids is 2. The van der Waals surface area contributed by atoms with E-state index >= 15 is 0 Å². The molecule has 2 amide bonds. The molecule has 0 saturated carbocycles. The van der Waals surface area contributed by atoms with Crippen LogP contribution >= 0.6 is 11.6 Å². The lowest BCUT2D eigenvalue weighted by Gasteiger charge is -2.21. The summed E-state index contributed by atoms with van der Waals surface area (Å²) in [5.41, 5.74) is 0.626. The van der Waals surface area contributed by atoms with Gasteiger partial charge in [-0.3, -0.25) is 14.4 Å². The fraction of sp³-hybridized carbons (Fsp3) is 0.167. The average Bonchev–Trinajstić information content (AvgIpc) is 3.25. The first-order valence-corrected chi connectivity index (χ1v) is 12.5. The number of ether oxygens (including phenoxy) is 1. The quantitative estimate of drug-likeness (QED) is 0.458. The van der Waals surface area contributed by atoms with Crippen molar-refractivity contribution < 1.29 is 31.5 Å². The van der Waals surface area contributed by atoms with E-state index in [1.165, 1.54) is 17.9 Å². The first kappa shape index (κ1) is 25.4. The highest BCUT2D eigenvalue weighted by Crippen LogP contribution is 2.39. The number of hydrogen-bond donors (Lipinski definition) is 2. The highest BCUT2D eigenvalue weighted by atomic mass is 35.5. The molecule has 8 nitrogen and oxygen atoms in total. The van der Waals surface area contributed by atoms with Crippen molar-refractivity contribution in [3.05, 3.63) is 82.4 Å². The molecule has 0 spiro atoms. The average molecular weight is 536 g/mol. The van der Waals surface area contributed by atoms with Gasteiger partial charge in [0, 0.05) is 18.5 Å². The van der Waals surface area contributed by atoms with Crippen LogP contribution < -0.4 is 14.9 Å². The largest absolute Gasteiger partial charge is 0.444 e. The normalized spacial score (nSPS) is 12.7. The molecule has 0 bridgehead atoms. The predicted molar refractivity (Wildman–Crippen MR) is 131 cm³/mol. The third-order valence-corrected chi connectivity index (χ3v) is 6.87. The Hall–Kier alpha value is -3.70. The first-order chi connectivity index (χ1) is 17.0. The molecule has 1 aliphatic heterocycles. The molecular weight excluding hydrogens is 516 g/mol. The Kier molecular flexibility index (Phi) is 7.14. The van der Waals surface area contributed by atoms with E-state index in [1.807, 2.05) is 10.8 Å². The molecule has 0 aliphatic carbocycles. The molecule has 0 unspecified atom stereocenters. The molecule has 0 atom stereocenters. The number of anilines is 3. The third-order valence-electron chi connectivity index (χ3n) is 5.33. The molecule has 2 N–H and O–H groups in total. The molecule has 0 saturated heterocycles. The maximum Gasteiger partial charge on any atom is 0.414 e. The SMILES string of the molecule is CC(=O)Nc1cc(S(=O)(=O)Nc2c(F)cc(Cl)cc2F)cc2c1N(C(=O)OCc1ccccc1)CC2. The number of rotatable bonds is 6. The zero-order valence-corrected chi connectivity index (χ0v) is 20.4. The van der Waals surface area contributed by atoms with Gasteiger partial charge >= 0.3 is 6.09 Å². The molecule has 3 aromatic rings. The van der Waals surface area contributed by atoms with Gasteiger partial charge in [0.15, 0.2) is 11.6 Å². The van der Waals surface area contributed by atoms with E-state index in [1.54, 1.807) is 24.3 Å². The Morgan fingerprint density at radius 2 is 1.75 bits per heavy atom. The molecular formula is C24H20ClF2N3O5S. The van der Waals surface area contributed by atoms with E-state index in [9.17, 15) is 26.8 Å². The Morgan fingerprint density at radius 3 is 2.39 bits per heavy atom. The standard InChI is InChI=1S/C24H20ClF2N3O5S/c1-14(31)28-21-12-18(36(33,34)29-22-19(26)10-17(25)11-20(22)27)9-16-7-8-30(23(16)21)24(32)35-13-15-5-3-2-4-6-15/h2-6,9-12,29H,7-8,13H2,1H3,(H,28,31). The lowest BCUT2D eigenvalue weighted by molar-refractivity contribution is -0.114. The summed E-state index contributed by atoms with van der Waals surface area (Å²) in [5, 5.41) is 2.29. The number of halogens is 3. The summed E-state index contributed by atoms with van der Waals surface area (Å²) in [6, 6.07) is 13.0. The molecule has 36 heavy (non-hydrogen) atoms. The molecule has 4 rings (SSSR count). The van der Waals surface area contributed by atoms with Gasteiger partial charge in [0.2, 0.25) is 5.91 Å².